The van der Waals surface area contributed by atoms with Crippen LogP contribution in [0.5, 0.6) is 0 Å². The average Bonchev–Trinajstić information content (AvgIpc) is 2.16. The Morgan fingerprint density at radius 2 is 1.93 bits per heavy atom. The molecule has 0 spiro atoms. The number of pyridine rings is 1. The van der Waals surface area contributed by atoms with Crippen LogP contribution < -0.4 is 0 Å². The lowest BCUT2D eigenvalue weighted by Gasteiger charge is -2.16. The van der Waals surface area contributed by atoms with Crippen LogP contribution in [0.25, 0.3) is 0 Å². The van der Waals surface area contributed by atoms with Crippen LogP contribution in [-0.4, -0.2) is 29.7 Å². The molecule has 0 bridgehead atoms. The van der Waals surface area contributed by atoms with E-state index in [9.17, 15) is 8.42 Å². The molecule has 1 rings (SSSR count). The quantitative estimate of drug-likeness (QED) is 0.795. The van der Waals surface area contributed by atoms with Crippen molar-refractivity contribution >= 4 is 25.8 Å². The summed E-state index contributed by atoms with van der Waals surface area (Å²) in [7, 11) is -2.98. The number of hydrogen-bond acceptors (Lipinski definition) is 3. The van der Waals surface area contributed by atoms with E-state index in [-0.39, 0.29) is 10.1 Å². The van der Waals surface area contributed by atoms with Crippen molar-refractivity contribution in [3.8, 4) is 0 Å². The SMILES string of the molecule is CC(C(Br)Cc1ccncc1)S(C)(=O)=O. The van der Waals surface area contributed by atoms with Gasteiger partial charge in [0.25, 0.3) is 0 Å². The van der Waals surface area contributed by atoms with Crippen LogP contribution in [0.1, 0.15) is 12.5 Å². The number of halogens is 1. The Morgan fingerprint density at radius 1 is 1.40 bits per heavy atom. The molecule has 1 heterocycles. The molecule has 5 heteroatoms. The molecule has 2 unspecified atom stereocenters. The van der Waals surface area contributed by atoms with Crippen LogP contribution in [0.15, 0.2) is 24.5 Å². The van der Waals surface area contributed by atoms with Crippen molar-refractivity contribution < 1.29 is 8.42 Å². The highest BCUT2D eigenvalue weighted by molar-refractivity contribution is 9.09. The molecule has 0 aliphatic carbocycles. The maximum atomic E-state index is 11.3. The molecule has 0 saturated heterocycles. The summed E-state index contributed by atoms with van der Waals surface area (Å²) in [5.41, 5.74) is 1.09. The van der Waals surface area contributed by atoms with E-state index >= 15 is 0 Å². The van der Waals surface area contributed by atoms with Gasteiger partial charge in [0.05, 0.1) is 5.25 Å². The Kier molecular flexibility index (Phi) is 4.28. The number of sulfone groups is 1. The Balaban J connectivity index is 2.68. The lowest BCUT2D eigenvalue weighted by Crippen LogP contribution is -2.27. The molecule has 0 amide bonds. The monoisotopic (exact) mass is 291 g/mol. The van der Waals surface area contributed by atoms with Gasteiger partial charge in [0.2, 0.25) is 0 Å². The molecule has 0 aliphatic rings. The number of aromatic nitrogens is 1. The van der Waals surface area contributed by atoms with Crippen molar-refractivity contribution in [1.82, 2.24) is 4.98 Å². The number of alkyl halides is 1. The molecule has 0 fully saturated rings. The van der Waals surface area contributed by atoms with Crippen LogP contribution in [0, 0.1) is 0 Å². The van der Waals surface area contributed by atoms with E-state index in [2.05, 4.69) is 20.9 Å². The molecule has 1 aromatic rings. The van der Waals surface area contributed by atoms with Gasteiger partial charge in [-0.25, -0.2) is 8.42 Å². The molecule has 0 aliphatic heterocycles. The van der Waals surface area contributed by atoms with Crippen LogP contribution >= 0.6 is 15.9 Å². The second-order valence-electron chi connectivity index (χ2n) is 3.61. The van der Waals surface area contributed by atoms with Gasteiger partial charge in [0.15, 0.2) is 9.84 Å². The third-order valence-electron chi connectivity index (χ3n) is 2.36. The first-order chi connectivity index (χ1) is 6.91. The van der Waals surface area contributed by atoms with Gasteiger partial charge in [-0.1, -0.05) is 15.9 Å². The van der Waals surface area contributed by atoms with Gasteiger partial charge in [-0.2, -0.15) is 0 Å². The third-order valence-corrected chi connectivity index (χ3v) is 5.51. The lowest BCUT2D eigenvalue weighted by atomic mass is 10.1. The molecular weight excluding hydrogens is 278 g/mol. The molecule has 2 atom stereocenters. The molecular formula is C10H14BrNO2S. The van der Waals surface area contributed by atoms with Crippen LogP contribution in [0.3, 0.4) is 0 Å². The van der Waals surface area contributed by atoms with Gasteiger partial charge >= 0.3 is 0 Å². The largest absolute Gasteiger partial charge is 0.265 e. The zero-order chi connectivity index (χ0) is 11.5. The van der Waals surface area contributed by atoms with Crippen LogP contribution in [0.4, 0.5) is 0 Å². The van der Waals surface area contributed by atoms with Crippen molar-refractivity contribution in [1.29, 1.82) is 0 Å². The summed E-state index contributed by atoms with van der Waals surface area (Å²) in [6.07, 6.45) is 5.37. The molecule has 1 aromatic heterocycles. The van der Waals surface area contributed by atoms with Crippen molar-refractivity contribution in [3.63, 3.8) is 0 Å². The molecule has 15 heavy (non-hydrogen) atoms. The summed E-state index contributed by atoms with van der Waals surface area (Å²) in [5.74, 6) is 0. The molecule has 0 aromatic carbocycles. The molecule has 0 N–H and O–H groups in total. The standard InChI is InChI=1S/C10H14BrNO2S/c1-8(15(2,13)14)10(11)7-9-3-5-12-6-4-9/h3-6,8,10H,7H2,1-2H3. The summed E-state index contributed by atoms with van der Waals surface area (Å²) in [6, 6.07) is 3.78. The minimum Gasteiger partial charge on any atom is -0.265 e. The first-order valence-electron chi connectivity index (χ1n) is 4.63. The summed E-state index contributed by atoms with van der Waals surface area (Å²) < 4.78 is 22.6. The zero-order valence-electron chi connectivity index (χ0n) is 8.72. The van der Waals surface area contributed by atoms with Gasteiger partial charge in [-0.15, -0.1) is 0 Å². The highest BCUT2D eigenvalue weighted by Gasteiger charge is 2.23. The van der Waals surface area contributed by atoms with Crippen LogP contribution in [-0.2, 0) is 16.3 Å². The molecule has 0 radical (unpaired) electrons. The fourth-order valence-electron chi connectivity index (χ4n) is 1.18. The van der Waals surface area contributed by atoms with Gasteiger partial charge in [-0.3, -0.25) is 4.98 Å². The maximum Gasteiger partial charge on any atom is 0.151 e. The summed E-state index contributed by atoms with van der Waals surface area (Å²) in [5, 5.41) is -0.384. The molecule has 3 nitrogen and oxygen atoms in total. The number of hydrogen-bond donors (Lipinski definition) is 0. The Labute approximate surface area is 99.0 Å². The normalized spacial score (nSPS) is 15.9. The Morgan fingerprint density at radius 3 is 2.40 bits per heavy atom. The zero-order valence-corrected chi connectivity index (χ0v) is 11.1. The van der Waals surface area contributed by atoms with E-state index in [1.165, 1.54) is 6.26 Å². The predicted molar refractivity (Wildman–Crippen MR) is 65.0 cm³/mol. The van der Waals surface area contributed by atoms with E-state index in [1.807, 2.05) is 12.1 Å². The minimum atomic E-state index is -2.98. The van der Waals surface area contributed by atoms with Gasteiger partial charge in [0.1, 0.15) is 0 Å². The first-order valence-corrected chi connectivity index (χ1v) is 7.50. The summed E-state index contributed by atoms with van der Waals surface area (Å²) in [6.45, 7) is 1.72. The Hall–Kier alpha value is -0.420. The Bertz CT molecular complexity index is 405. The van der Waals surface area contributed by atoms with Crippen molar-refractivity contribution in [3.05, 3.63) is 30.1 Å². The smallest absolute Gasteiger partial charge is 0.151 e. The third kappa shape index (κ3) is 3.91. The lowest BCUT2D eigenvalue weighted by molar-refractivity contribution is 0.586. The number of rotatable bonds is 4. The summed E-state index contributed by atoms with van der Waals surface area (Å²) in [4.78, 5) is 3.85. The maximum absolute atomic E-state index is 11.3. The van der Waals surface area contributed by atoms with Crippen LogP contribution in [0.2, 0.25) is 0 Å². The minimum absolute atomic E-state index is 0.0603. The molecule has 84 valence electrons. The fraction of sp³-hybridized carbons (Fsp3) is 0.500. The van der Waals surface area contributed by atoms with Gasteiger partial charge in [-0.05, 0) is 31.0 Å². The van der Waals surface area contributed by atoms with Crippen molar-refractivity contribution in [2.24, 2.45) is 0 Å². The van der Waals surface area contributed by atoms with E-state index in [1.54, 1.807) is 19.3 Å². The highest BCUT2D eigenvalue weighted by atomic mass is 79.9. The fourth-order valence-corrected chi connectivity index (χ4v) is 3.36. The van der Waals surface area contributed by atoms with Gasteiger partial charge < -0.3 is 0 Å². The second-order valence-corrected chi connectivity index (χ2v) is 7.19. The summed E-state index contributed by atoms with van der Waals surface area (Å²) >= 11 is 3.42. The number of nitrogens with zero attached hydrogens (tertiary/aromatic N) is 1. The van der Waals surface area contributed by atoms with E-state index in [0.29, 0.717) is 6.42 Å². The van der Waals surface area contributed by atoms with Crippen molar-refractivity contribution in [2.45, 2.75) is 23.4 Å². The second kappa shape index (κ2) is 5.07. The predicted octanol–water partition coefficient (Wildman–Crippen LogP) is 1.82. The highest BCUT2D eigenvalue weighted by Crippen LogP contribution is 2.17. The van der Waals surface area contributed by atoms with E-state index in [4.69, 9.17) is 0 Å². The first kappa shape index (κ1) is 12.6. The van der Waals surface area contributed by atoms with E-state index < -0.39 is 9.84 Å². The van der Waals surface area contributed by atoms with E-state index in [0.717, 1.165) is 5.56 Å². The van der Waals surface area contributed by atoms with Gasteiger partial charge in [0, 0.05) is 23.5 Å². The topological polar surface area (TPSA) is 47.0 Å². The molecule has 0 saturated carbocycles. The van der Waals surface area contributed by atoms with Crippen molar-refractivity contribution in [2.75, 3.05) is 6.26 Å². The average molecular weight is 292 g/mol.